The smallest absolute Gasteiger partial charge is 0.251 e. The quantitative estimate of drug-likeness (QED) is 0.749. The second-order valence-electron chi connectivity index (χ2n) is 5.05. The van der Waals surface area contributed by atoms with E-state index in [2.05, 4.69) is 5.32 Å². The molecule has 2 atom stereocenters. The molecule has 0 bridgehead atoms. The molecule has 0 aliphatic heterocycles. The first-order valence-corrected chi connectivity index (χ1v) is 6.37. The van der Waals surface area contributed by atoms with Gasteiger partial charge in [0.1, 0.15) is 0 Å². The van der Waals surface area contributed by atoms with Crippen LogP contribution in [0.5, 0.6) is 0 Å². The van der Waals surface area contributed by atoms with Gasteiger partial charge in [-0.25, -0.2) is 8.78 Å². The van der Waals surface area contributed by atoms with Crippen LogP contribution < -0.4 is 5.32 Å². The molecule has 0 heterocycles. The van der Waals surface area contributed by atoms with E-state index in [0.717, 1.165) is 32.2 Å². The lowest BCUT2D eigenvalue weighted by molar-refractivity contribution is 0.0363. The lowest BCUT2D eigenvalue weighted by Crippen LogP contribution is -2.55. The zero-order valence-corrected chi connectivity index (χ0v) is 10.8. The maximum Gasteiger partial charge on any atom is 0.251 e. The molecule has 0 aromatic heterocycles. The SMILES string of the molecule is CCNC1(CO)CCCC(N(C)CC(F)F)C1. The molecule has 1 rings (SSSR count). The van der Waals surface area contributed by atoms with Gasteiger partial charge in [-0.1, -0.05) is 6.92 Å². The van der Waals surface area contributed by atoms with Gasteiger partial charge in [-0.05, 0) is 39.3 Å². The van der Waals surface area contributed by atoms with Gasteiger partial charge in [0, 0.05) is 11.6 Å². The third-order valence-electron chi connectivity index (χ3n) is 3.72. The molecule has 1 saturated carbocycles. The summed E-state index contributed by atoms with van der Waals surface area (Å²) in [4.78, 5) is 1.73. The Morgan fingerprint density at radius 2 is 2.24 bits per heavy atom. The Bertz CT molecular complexity index is 225. The number of halogens is 2. The van der Waals surface area contributed by atoms with E-state index >= 15 is 0 Å². The Morgan fingerprint density at radius 1 is 1.53 bits per heavy atom. The Balaban J connectivity index is 2.57. The van der Waals surface area contributed by atoms with E-state index in [0.29, 0.717) is 0 Å². The predicted octanol–water partition coefficient (Wildman–Crippen LogP) is 1.47. The summed E-state index contributed by atoms with van der Waals surface area (Å²) in [5.41, 5.74) is -0.270. The normalized spacial score (nSPS) is 30.2. The maximum absolute atomic E-state index is 12.4. The summed E-state index contributed by atoms with van der Waals surface area (Å²) in [5, 5.41) is 12.8. The number of alkyl halides is 2. The van der Waals surface area contributed by atoms with Gasteiger partial charge < -0.3 is 10.4 Å². The van der Waals surface area contributed by atoms with Gasteiger partial charge in [0.2, 0.25) is 0 Å². The van der Waals surface area contributed by atoms with Gasteiger partial charge in [0.15, 0.2) is 0 Å². The monoisotopic (exact) mass is 250 g/mol. The molecule has 1 aliphatic carbocycles. The van der Waals surface area contributed by atoms with Crippen LogP contribution in [0.2, 0.25) is 0 Å². The average molecular weight is 250 g/mol. The lowest BCUT2D eigenvalue weighted by Gasteiger charge is -2.43. The number of nitrogens with zero attached hydrogens (tertiary/aromatic N) is 1. The summed E-state index contributed by atoms with van der Waals surface area (Å²) in [5.74, 6) is 0. The van der Waals surface area contributed by atoms with Crippen molar-refractivity contribution in [3.63, 3.8) is 0 Å². The summed E-state index contributed by atoms with van der Waals surface area (Å²) >= 11 is 0. The van der Waals surface area contributed by atoms with Crippen molar-refractivity contribution in [3.05, 3.63) is 0 Å². The van der Waals surface area contributed by atoms with Gasteiger partial charge in [-0.3, -0.25) is 4.90 Å². The third-order valence-corrected chi connectivity index (χ3v) is 3.72. The molecule has 17 heavy (non-hydrogen) atoms. The van der Waals surface area contributed by atoms with Crippen LogP contribution in [0.25, 0.3) is 0 Å². The van der Waals surface area contributed by atoms with Gasteiger partial charge in [0.05, 0.1) is 13.2 Å². The topological polar surface area (TPSA) is 35.5 Å². The molecule has 0 aromatic rings. The summed E-state index contributed by atoms with van der Waals surface area (Å²) in [6.45, 7) is 2.70. The van der Waals surface area contributed by atoms with Crippen molar-refractivity contribution in [1.82, 2.24) is 10.2 Å². The zero-order chi connectivity index (χ0) is 12.9. The molecular formula is C12H24F2N2O. The zero-order valence-electron chi connectivity index (χ0n) is 10.8. The highest BCUT2D eigenvalue weighted by molar-refractivity contribution is 4.95. The summed E-state index contributed by atoms with van der Waals surface area (Å²) in [6, 6.07) is 0.143. The number of nitrogens with one attached hydrogen (secondary N) is 1. The van der Waals surface area contributed by atoms with Crippen LogP contribution >= 0.6 is 0 Å². The Hall–Kier alpha value is -0.260. The minimum Gasteiger partial charge on any atom is -0.394 e. The molecule has 5 heteroatoms. The lowest BCUT2D eigenvalue weighted by atomic mass is 9.79. The van der Waals surface area contributed by atoms with Crippen molar-refractivity contribution in [2.45, 2.75) is 50.6 Å². The fraction of sp³-hybridized carbons (Fsp3) is 1.00. The standard InChI is InChI=1S/C12H24F2N2O/c1-3-15-12(9-17)6-4-5-10(7-12)16(2)8-11(13)14/h10-11,15,17H,3-9H2,1-2H3. The van der Waals surface area contributed by atoms with E-state index < -0.39 is 6.43 Å². The first-order chi connectivity index (χ1) is 8.03. The van der Waals surface area contributed by atoms with Crippen LogP contribution in [-0.2, 0) is 0 Å². The Labute approximate surface area is 102 Å². The first-order valence-electron chi connectivity index (χ1n) is 6.37. The number of likely N-dealkylation sites (N-methyl/N-ethyl adjacent to an activating group) is 1. The maximum atomic E-state index is 12.4. The van der Waals surface area contributed by atoms with E-state index in [1.807, 2.05) is 6.92 Å². The third kappa shape index (κ3) is 4.16. The predicted molar refractivity (Wildman–Crippen MR) is 64.4 cm³/mol. The van der Waals surface area contributed by atoms with Crippen LogP contribution in [0.3, 0.4) is 0 Å². The average Bonchev–Trinajstić information content (AvgIpc) is 2.29. The molecule has 1 aliphatic rings. The molecule has 0 saturated heterocycles. The van der Waals surface area contributed by atoms with Crippen LogP contribution in [-0.4, -0.2) is 54.8 Å². The fourth-order valence-electron chi connectivity index (χ4n) is 2.81. The van der Waals surface area contributed by atoms with Crippen molar-refractivity contribution in [1.29, 1.82) is 0 Å². The summed E-state index contributed by atoms with van der Waals surface area (Å²) in [7, 11) is 1.75. The van der Waals surface area contributed by atoms with Crippen LogP contribution in [0.1, 0.15) is 32.6 Å². The Morgan fingerprint density at radius 3 is 2.76 bits per heavy atom. The van der Waals surface area contributed by atoms with Gasteiger partial charge in [0.25, 0.3) is 6.43 Å². The summed E-state index contributed by atoms with van der Waals surface area (Å²) < 4.78 is 24.7. The molecule has 2 unspecified atom stereocenters. The van der Waals surface area contributed by atoms with E-state index in [1.54, 1.807) is 11.9 Å². The molecule has 0 radical (unpaired) electrons. The van der Waals surface area contributed by atoms with E-state index in [4.69, 9.17) is 0 Å². The minimum absolute atomic E-state index is 0.0832. The van der Waals surface area contributed by atoms with Crippen LogP contribution in [0.4, 0.5) is 8.78 Å². The van der Waals surface area contributed by atoms with Gasteiger partial charge >= 0.3 is 0 Å². The first kappa shape index (κ1) is 14.8. The number of aliphatic hydroxyl groups excluding tert-OH is 1. The van der Waals surface area contributed by atoms with E-state index in [-0.39, 0.29) is 24.7 Å². The number of aliphatic hydroxyl groups is 1. The fourth-order valence-corrected chi connectivity index (χ4v) is 2.81. The molecule has 1 fully saturated rings. The number of hydrogen-bond donors (Lipinski definition) is 2. The van der Waals surface area contributed by atoms with Crippen LogP contribution in [0.15, 0.2) is 0 Å². The molecular weight excluding hydrogens is 226 g/mol. The molecule has 0 amide bonds. The van der Waals surface area contributed by atoms with Crippen molar-refractivity contribution in [2.24, 2.45) is 0 Å². The van der Waals surface area contributed by atoms with Gasteiger partial charge in [-0.2, -0.15) is 0 Å². The minimum atomic E-state index is -2.29. The molecule has 102 valence electrons. The van der Waals surface area contributed by atoms with Crippen molar-refractivity contribution < 1.29 is 13.9 Å². The molecule has 2 N–H and O–H groups in total. The number of rotatable bonds is 6. The van der Waals surface area contributed by atoms with E-state index in [1.165, 1.54) is 0 Å². The molecule has 0 aromatic carbocycles. The second kappa shape index (κ2) is 6.61. The Kier molecular flexibility index (Phi) is 5.76. The van der Waals surface area contributed by atoms with E-state index in [9.17, 15) is 13.9 Å². The molecule has 3 nitrogen and oxygen atoms in total. The molecule has 0 spiro atoms. The van der Waals surface area contributed by atoms with Crippen LogP contribution in [0, 0.1) is 0 Å². The van der Waals surface area contributed by atoms with Gasteiger partial charge in [-0.15, -0.1) is 0 Å². The largest absolute Gasteiger partial charge is 0.394 e. The second-order valence-corrected chi connectivity index (χ2v) is 5.05. The number of hydrogen-bond acceptors (Lipinski definition) is 3. The highest BCUT2D eigenvalue weighted by atomic mass is 19.3. The van der Waals surface area contributed by atoms with Crippen molar-refractivity contribution in [3.8, 4) is 0 Å². The summed E-state index contributed by atoms with van der Waals surface area (Å²) in [6.07, 6.45) is 1.31. The van der Waals surface area contributed by atoms with Crippen molar-refractivity contribution in [2.75, 3.05) is 26.7 Å². The van der Waals surface area contributed by atoms with Crippen molar-refractivity contribution >= 4 is 0 Å². The highest BCUT2D eigenvalue weighted by Gasteiger charge is 2.36. The highest BCUT2D eigenvalue weighted by Crippen LogP contribution is 2.30.